The molecule has 0 bridgehead atoms. The van der Waals surface area contributed by atoms with Gasteiger partial charge in [0.1, 0.15) is 11.3 Å². The fraction of sp³-hybridized carbons (Fsp3) is 0.471. The molecule has 1 saturated heterocycles. The van der Waals surface area contributed by atoms with Crippen LogP contribution in [0.1, 0.15) is 38.0 Å². The number of carbonyl (C=O) groups is 1. The summed E-state index contributed by atoms with van der Waals surface area (Å²) in [5.74, 6) is 0.991. The van der Waals surface area contributed by atoms with Crippen molar-refractivity contribution < 1.29 is 9.21 Å². The zero-order valence-corrected chi connectivity index (χ0v) is 12.6. The van der Waals surface area contributed by atoms with Gasteiger partial charge in [-0.05, 0) is 38.4 Å². The van der Waals surface area contributed by atoms with Crippen LogP contribution < -0.4 is 5.32 Å². The van der Waals surface area contributed by atoms with Crippen LogP contribution in [-0.2, 0) is 4.79 Å². The molecule has 0 aliphatic carbocycles. The first-order chi connectivity index (χ1) is 10.2. The van der Waals surface area contributed by atoms with Gasteiger partial charge in [0.05, 0.1) is 12.1 Å². The second-order valence-electron chi connectivity index (χ2n) is 5.81. The summed E-state index contributed by atoms with van der Waals surface area (Å²) in [7, 11) is 1.86. The van der Waals surface area contributed by atoms with Crippen LogP contribution in [-0.4, -0.2) is 30.4 Å². The van der Waals surface area contributed by atoms with Gasteiger partial charge in [-0.25, -0.2) is 0 Å². The number of amides is 1. The molecule has 4 nitrogen and oxygen atoms in total. The predicted molar refractivity (Wildman–Crippen MR) is 83.0 cm³/mol. The van der Waals surface area contributed by atoms with Gasteiger partial charge in [-0.3, -0.25) is 4.79 Å². The SMILES string of the molecule is CC(c1cc2ccccc2o1)N(C)C(=O)C1CCCCN1. The number of furan rings is 1. The van der Waals surface area contributed by atoms with Gasteiger partial charge in [0.25, 0.3) is 0 Å². The number of nitrogens with one attached hydrogen (secondary N) is 1. The van der Waals surface area contributed by atoms with Crippen molar-refractivity contribution in [3.8, 4) is 0 Å². The van der Waals surface area contributed by atoms with Crippen LogP contribution in [0.3, 0.4) is 0 Å². The van der Waals surface area contributed by atoms with Gasteiger partial charge < -0.3 is 14.6 Å². The van der Waals surface area contributed by atoms with E-state index in [-0.39, 0.29) is 18.0 Å². The third-order valence-electron chi connectivity index (χ3n) is 4.39. The van der Waals surface area contributed by atoms with Gasteiger partial charge in [0.15, 0.2) is 0 Å². The number of hydrogen-bond donors (Lipinski definition) is 1. The van der Waals surface area contributed by atoms with Gasteiger partial charge in [-0.2, -0.15) is 0 Å². The number of nitrogens with zero attached hydrogens (tertiary/aromatic N) is 1. The molecular weight excluding hydrogens is 264 g/mol. The van der Waals surface area contributed by atoms with Crippen LogP contribution in [0.4, 0.5) is 0 Å². The molecule has 1 aromatic carbocycles. The van der Waals surface area contributed by atoms with Crippen molar-refractivity contribution in [2.75, 3.05) is 13.6 Å². The highest BCUT2D eigenvalue weighted by molar-refractivity contribution is 5.82. The van der Waals surface area contributed by atoms with E-state index in [4.69, 9.17) is 4.42 Å². The van der Waals surface area contributed by atoms with Crippen LogP contribution >= 0.6 is 0 Å². The van der Waals surface area contributed by atoms with E-state index in [1.165, 1.54) is 0 Å². The molecule has 112 valence electrons. The minimum absolute atomic E-state index is 0.0458. The molecule has 3 rings (SSSR count). The van der Waals surface area contributed by atoms with Crippen molar-refractivity contribution in [1.82, 2.24) is 10.2 Å². The van der Waals surface area contributed by atoms with Gasteiger partial charge in [0, 0.05) is 12.4 Å². The number of benzene rings is 1. The summed E-state index contributed by atoms with van der Waals surface area (Å²) in [6, 6.07) is 9.85. The number of rotatable bonds is 3. The van der Waals surface area contributed by atoms with Crippen molar-refractivity contribution in [2.24, 2.45) is 0 Å². The molecule has 0 spiro atoms. The molecule has 1 aromatic heterocycles. The van der Waals surface area contributed by atoms with Crippen LogP contribution in [0.5, 0.6) is 0 Å². The number of para-hydroxylation sites is 1. The lowest BCUT2D eigenvalue weighted by Crippen LogP contribution is -2.47. The predicted octanol–water partition coefficient (Wildman–Crippen LogP) is 3.09. The van der Waals surface area contributed by atoms with E-state index in [1.807, 2.05) is 44.3 Å². The Bertz CT molecular complexity index is 596. The fourth-order valence-corrected chi connectivity index (χ4v) is 2.90. The Hall–Kier alpha value is -1.81. The maximum Gasteiger partial charge on any atom is 0.240 e. The van der Waals surface area contributed by atoms with E-state index in [0.717, 1.165) is 42.5 Å². The molecule has 2 atom stereocenters. The third-order valence-corrected chi connectivity index (χ3v) is 4.39. The molecule has 1 aliphatic heterocycles. The van der Waals surface area contributed by atoms with E-state index >= 15 is 0 Å². The van der Waals surface area contributed by atoms with Gasteiger partial charge in [-0.15, -0.1) is 0 Å². The first-order valence-corrected chi connectivity index (χ1v) is 7.65. The van der Waals surface area contributed by atoms with Crippen molar-refractivity contribution in [2.45, 2.75) is 38.3 Å². The number of likely N-dealkylation sites (N-methyl/N-ethyl adjacent to an activating group) is 1. The Morgan fingerprint density at radius 3 is 2.90 bits per heavy atom. The molecule has 1 N–H and O–H groups in total. The summed E-state index contributed by atoms with van der Waals surface area (Å²) in [4.78, 5) is 14.3. The Morgan fingerprint density at radius 1 is 1.38 bits per heavy atom. The Labute approximate surface area is 125 Å². The molecule has 21 heavy (non-hydrogen) atoms. The van der Waals surface area contributed by atoms with Crippen molar-refractivity contribution in [3.05, 3.63) is 36.1 Å². The summed E-state index contributed by atoms with van der Waals surface area (Å²) < 4.78 is 5.87. The Morgan fingerprint density at radius 2 is 2.19 bits per heavy atom. The lowest BCUT2D eigenvalue weighted by Gasteiger charge is -2.30. The fourth-order valence-electron chi connectivity index (χ4n) is 2.90. The van der Waals surface area contributed by atoms with Crippen molar-refractivity contribution in [3.63, 3.8) is 0 Å². The molecule has 0 radical (unpaired) electrons. The van der Waals surface area contributed by atoms with Gasteiger partial charge in [-0.1, -0.05) is 24.6 Å². The average Bonchev–Trinajstić information content (AvgIpc) is 2.97. The zero-order chi connectivity index (χ0) is 14.8. The Balaban J connectivity index is 1.76. The van der Waals surface area contributed by atoms with E-state index in [1.54, 1.807) is 4.90 Å². The largest absolute Gasteiger partial charge is 0.459 e. The van der Waals surface area contributed by atoms with E-state index in [2.05, 4.69) is 5.32 Å². The van der Waals surface area contributed by atoms with Crippen LogP contribution in [0.2, 0.25) is 0 Å². The zero-order valence-electron chi connectivity index (χ0n) is 12.6. The first kappa shape index (κ1) is 14.1. The van der Waals surface area contributed by atoms with Crippen LogP contribution in [0, 0.1) is 0 Å². The highest BCUT2D eigenvalue weighted by Crippen LogP contribution is 2.27. The van der Waals surface area contributed by atoms with E-state index < -0.39 is 0 Å². The summed E-state index contributed by atoms with van der Waals surface area (Å²) in [5, 5.41) is 4.39. The maximum absolute atomic E-state index is 12.5. The van der Waals surface area contributed by atoms with Crippen molar-refractivity contribution in [1.29, 1.82) is 0 Å². The molecule has 1 aliphatic rings. The number of carbonyl (C=O) groups excluding carboxylic acids is 1. The second kappa shape index (κ2) is 5.90. The molecule has 1 amide bonds. The normalized spacial score (nSPS) is 20.4. The van der Waals surface area contributed by atoms with Crippen LogP contribution in [0.15, 0.2) is 34.7 Å². The summed E-state index contributed by atoms with van der Waals surface area (Å²) in [5.41, 5.74) is 0.871. The molecule has 2 aromatic rings. The number of piperidine rings is 1. The smallest absolute Gasteiger partial charge is 0.240 e. The van der Waals surface area contributed by atoms with Crippen LogP contribution in [0.25, 0.3) is 11.0 Å². The minimum Gasteiger partial charge on any atom is -0.459 e. The Kier molecular flexibility index (Phi) is 3.97. The minimum atomic E-state index is -0.0615. The monoisotopic (exact) mass is 286 g/mol. The molecule has 4 heteroatoms. The van der Waals surface area contributed by atoms with E-state index in [0.29, 0.717) is 0 Å². The standard InChI is InChI=1S/C17H22N2O2/c1-12(16-11-13-7-3-4-9-15(13)21-16)19(2)17(20)14-8-5-6-10-18-14/h3-4,7,9,11-12,14,18H,5-6,8,10H2,1-2H3. The average molecular weight is 286 g/mol. The first-order valence-electron chi connectivity index (χ1n) is 7.65. The van der Waals surface area contributed by atoms with E-state index in [9.17, 15) is 4.79 Å². The highest BCUT2D eigenvalue weighted by Gasteiger charge is 2.28. The molecule has 2 heterocycles. The highest BCUT2D eigenvalue weighted by atomic mass is 16.3. The number of hydrogen-bond acceptors (Lipinski definition) is 3. The lowest BCUT2D eigenvalue weighted by atomic mass is 10.0. The third kappa shape index (κ3) is 2.81. The molecule has 1 fully saturated rings. The van der Waals surface area contributed by atoms with Gasteiger partial charge in [0.2, 0.25) is 5.91 Å². The quantitative estimate of drug-likeness (QED) is 0.943. The summed E-state index contributed by atoms with van der Waals surface area (Å²) in [6.45, 7) is 2.95. The molecule has 2 unspecified atom stereocenters. The topological polar surface area (TPSA) is 45.5 Å². The summed E-state index contributed by atoms with van der Waals surface area (Å²) >= 11 is 0. The second-order valence-corrected chi connectivity index (χ2v) is 5.81. The summed E-state index contributed by atoms with van der Waals surface area (Å²) in [6.07, 6.45) is 3.21. The molecule has 0 saturated carbocycles. The van der Waals surface area contributed by atoms with Gasteiger partial charge >= 0.3 is 0 Å². The number of fused-ring (bicyclic) bond motifs is 1. The molecular formula is C17H22N2O2. The maximum atomic E-state index is 12.5. The van der Waals surface area contributed by atoms with Crippen molar-refractivity contribution >= 4 is 16.9 Å². The lowest BCUT2D eigenvalue weighted by molar-refractivity contribution is -0.135.